The van der Waals surface area contributed by atoms with Crippen molar-refractivity contribution in [2.75, 3.05) is 19.6 Å². The minimum atomic E-state index is -0.622. The van der Waals surface area contributed by atoms with Gasteiger partial charge in [-0.15, -0.1) is 0 Å². The fraction of sp³-hybridized carbons (Fsp3) is 0.417. The molecular weight excluding hydrogens is 383 g/mol. The van der Waals surface area contributed by atoms with E-state index in [1.165, 1.54) is 19.1 Å². The standard InChI is InChI=1S/C24H29FN2O3/c1-5-26(6-2)24(29)16(3)30-21-11-10-18-12-13-27(17(4)28)23(22(18)15-21)19-8-7-9-20(25)14-19/h7-11,14-16,23H,5-6,12-13H2,1-4H3. The smallest absolute Gasteiger partial charge is 0.263 e. The molecule has 5 nitrogen and oxygen atoms in total. The molecule has 0 spiro atoms. The summed E-state index contributed by atoms with van der Waals surface area (Å²) in [5.74, 6) is 0.0959. The topological polar surface area (TPSA) is 49.9 Å². The fourth-order valence-corrected chi connectivity index (χ4v) is 4.09. The van der Waals surface area contributed by atoms with Crippen LogP contribution in [0.25, 0.3) is 0 Å². The van der Waals surface area contributed by atoms with Gasteiger partial charge in [-0.3, -0.25) is 9.59 Å². The Hall–Kier alpha value is -2.89. The van der Waals surface area contributed by atoms with Crippen molar-refractivity contribution in [3.8, 4) is 5.75 Å². The SMILES string of the molecule is CCN(CC)C(=O)C(C)Oc1ccc2c(c1)C(c1cccc(F)c1)N(C(C)=O)CC2. The summed E-state index contributed by atoms with van der Waals surface area (Å²) in [7, 11) is 0. The van der Waals surface area contributed by atoms with Gasteiger partial charge in [0.25, 0.3) is 5.91 Å². The summed E-state index contributed by atoms with van der Waals surface area (Å²) in [5.41, 5.74) is 2.72. The zero-order valence-corrected chi connectivity index (χ0v) is 18.0. The number of amides is 2. The number of likely N-dealkylation sites (N-methyl/N-ethyl adjacent to an activating group) is 1. The maximum absolute atomic E-state index is 13.9. The molecule has 2 atom stereocenters. The molecule has 0 bridgehead atoms. The van der Waals surface area contributed by atoms with E-state index in [0.717, 1.165) is 23.1 Å². The van der Waals surface area contributed by atoms with Crippen molar-refractivity contribution in [3.63, 3.8) is 0 Å². The number of fused-ring (bicyclic) bond motifs is 1. The van der Waals surface area contributed by atoms with Crippen molar-refractivity contribution in [1.29, 1.82) is 0 Å². The number of benzene rings is 2. The van der Waals surface area contributed by atoms with Crippen molar-refractivity contribution in [2.45, 2.75) is 46.3 Å². The van der Waals surface area contributed by atoms with Gasteiger partial charge >= 0.3 is 0 Å². The van der Waals surface area contributed by atoms with Crippen molar-refractivity contribution >= 4 is 11.8 Å². The maximum atomic E-state index is 13.9. The highest BCUT2D eigenvalue weighted by atomic mass is 19.1. The molecule has 0 fully saturated rings. The Bertz CT molecular complexity index is 926. The van der Waals surface area contributed by atoms with Crippen LogP contribution in [0.4, 0.5) is 4.39 Å². The third-order valence-corrected chi connectivity index (χ3v) is 5.65. The molecule has 0 saturated heterocycles. The second kappa shape index (κ2) is 9.28. The highest BCUT2D eigenvalue weighted by Gasteiger charge is 2.31. The van der Waals surface area contributed by atoms with E-state index < -0.39 is 6.10 Å². The van der Waals surface area contributed by atoms with E-state index in [1.54, 1.807) is 22.8 Å². The molecule has 0 saturated carbocycles. The molecule has 2 amide bonds. The van der Waals surface area contributed by atoms with Gasteiger partial charge in [-0.2, -0.15) is 0 Å². The van der Waals surface area contributed by atoms with Gasteiger partial charge in [0.1, 0.15) is 11.6 Å². The second-order valence-electron chi connectivity index (χ2n) is 7.55. The summed E-state index contributed by atoms with van der Waals surface area (Å²) in [6.45, 7) is 8.97. The number of carbonyl (C=O) groups is 2. The van der Waals surface area contributed by atoms with Gasteiger partial charge in [-0.25, -0.2) is 4.39 Å². The number of carbonyl (C=O) groups excluding carboxylic acids is 2. The number of rotatable bonds is 6. The first kappa shape index (κ1) is 21.8. The van der Waals surface area contributed by atoms with Crippen LogP contribution in [0, 0.1) is 5.82 Å². The summed E-state index contributed by atoms with van der Waals surface area (Å²) >= 11 is 0. The van der Waals surface area contributed by atoms with E-state index in [4.69, 9.17) is 4.74 Å². The predicted octanol–water partition coefficient (Wildman–Crippen LogP) is 3.96. The maximum Gasteiger partial charge on any atom is 0.263 e. The molecule has 2 unspecified atom stereocenters. The van der Waals surface area contributed by atoms with E-state index in [2.05, 4.69) is 0 Å². The third kappa shape index (κ3) is 4.48. The molecule has 1 aliphatic heterocycles. The molecule has 0 N–H and O–H groups in total. The highest BCUT2D eigenvalue weighted by Crippen LogP contribution is 2.37. The van der Waals surface area contributed by atoms with E-state index in [9.17, 15) is 14.0 Å². The van der Waals surface area contributed by atoms with Crippen LogP contribution in [0.2, 0.25) is 0 Å². The molecule has 30 heavy (non-hydrogen) atoms. The zero-order valence-electron chi connectivity index (χ0n) is 18.0. The van der Waals surface area contributed by atoms with Crippen LogP contribution in [0.1, 0.15) is 50.4 Å². The average molecular weight is 413 g/mol. The summed E-state index contributed by atoms with van der Waals surface area (Å²) in [6, 6.07) is 11.7. The lowest BCUT2D eigenvalue weighted by atomic mass is 9.88. The summed E-state index contributed by atoms with van der Waals surface area (Å²) in [4.78, 5) is 28.4. The van der Waals surface area contributed by atoms with Crippen molar-refractivity contribution in [3.05, 3.63) is 65.0 Å². The third-order valence-electron chi connectivity index (χ3n) is 5.65. The van der Waals surface area contributed by atoms with Gasteiger partial charge in [0, 0.05) is 26.6 Å². The lowest BCUT2D eigenvalue weighted by molar-refractivity contribution is -0.137. The number of hydrogen-bond donors (Lipinski definition) is 0. The molecule has 1 heterocycles. The normalized spacial score (nSPS) is 16.6. The lowest BCUT2D eigenvalue weighted by Gasteiger charge is -2.37. The Labute approximate surface area is 177 Å². The minimum Gasteiger partial charge on any atom is -0.481 e. The van der Waals surface area contributed by atoms with Gasteiger partial charge in [-0.05, 0) is 68.1 Å². The average Bonchev–Trinajstić information content (AvgIpc) is 2.73. The summed E-state index contributed by atoms with van der Waals surface area (Å²) < 4.78 is 19.9. The number of hydrogen-bond acceptors (Lipinski definition) is 3. The minimum absolute atomic E-state index is 0.0636. The Morgan fingerprint density at radius 3 is 2.57 bits per heavy atom. The largest absolute Gasteiger partial charge is 0.481 e. The zero-order chi connectivity index (χ0) is 21.8. The quantitative estimate of drug-likeness (QED) is 0.722. The van der Waals surface area contributed by atoms with Crippen molar-refractivity contribution in [1.82, 2.24) is 9.80 Å². The summed E-state index contributed by atoms with van der Waals surface area (Å²) in [5, 5.41) is 0. The molecule has 1 aliphatic rings. The fourth-order valence-electron chi connectivity index (χ4n) is 4.09. The van der Waals surface area contributed by atoms with Crippen molar-refractivity contribution < 1.29 is 18.7 Å². The molecule has 0 radical (unpaired) electrons. The number of ether oxygens (including phenoxy) is 1. The molecule has 2 aromatic carbocycles. The summed E-state index contributed by atoms with van der Waals surface area (Å²) in [6.07, 6.45) is 0.0950. The number of nitrogens with zero attached hydrogens (tertiary/aromatic N) is 2. The molecule has 160 valence electrons. The van der Waals surface area contributed by atoms with Gasteiger partial charge in [0.05, 0.1) is 6.04 Å². The van der Waals surface area contributed by atoms with Crippen LogP contribution in [0.15, 0.2) is 42.5 Å². The van der Waals surface area contributed by atoms with Crippen molar-refractivity contribution in [2.24, 2.45) is 0 Å². The van der Waals surface area contributed by atoms with Gasteiger partial charge in [0.2, 0.25) is 5.91 Å². The first-order valence-electron chi connectivity index (χ1n) is 10.5. The van der Waals surface area contributed by atoms with Crippen LogP contribution >= 0.6 is 0 Å². The van der Waals surface area contributed by atoms with E-state index >= 15 is 0 Å². The molecule has 2 aromatic rings. The first-order chi connectivity index (χ1) is 14.3. The molecule has 0 aliphatic carbocycles. The Morgan fingerprint density at radius 1 is 1.20 bits per heavy atom. The first-order valence-corrected chi connectivity index (χ1v) is 10.5. The Kier molecular flexibility index (Phi) is 6.75. The van der Waals surface area contributed by atoms with Crippen LogP contribution in [-0.2, 0) is 16.0 Å². The van der Waals surface area contributed by atoms with E-state index in [0.29, 0.717) is 25.4 Å². The van der Waals surface area contributed by atoms with Crippen LogP contribution in [0.5, 0.6) is 5.75 Å². The Morgan fingerprint density at radius 2 is 1.93 bits per heavy atom. The molecule has 6 heteroatoms. The lowest BCUT2D eigenvalue weighted by Crippen LogP contribution is -2.40. The Balaban J connectivity index is 1.96. The highest BCUT2D eigenvalue weighted by molar-refractivity contribution is 5.81. The van der Waals surface area contributed by atoms with E-state index in [1.807, 2.05) is 38.1 Å². The predicted molar refractivity (Wildman–Crippen MR) is 114 cm³/mol. The van der Waals surface area contributed by atoms with Crippen LogP contribution < -0.4 is 4.74 Å². The van der Waals surface area contributed by atoms with Crippen LogP contribution in [-0.4, -0.2) is 47.4 Å². The van der Waals surface area contributed by atoms with Gasteiger partial charge in [-0.1, -0.05) is 18.2 Å². The molecular formula is C24H29FN2O3. The second-order valence-corrected chi connectivity index (χ2v) is 7.55. The van der Waals surface area contributed by atoms with Crippen LogP contribution in [0.3, 0.4) is 0 Å². The molecule has 3 rings (SSSR count). The monoisotopic (exact) mass is 412 g/mol. The van der Waals surface area contributed by atoms with Gasteiger partial charge < -0.3 is 14.5 Å². The van der Waals surface area contributed by atoms with Gasteiger partial charge in [0.15, 0.2) is 6.10 Å². The van der Waals surface area contributed by atoms with E-state index in [-0.39, 0.29) is 23.7 Å². The number of halogens is 1. The molecule has 0 aromatic heterocycles.